The van der Waals surface area contributed by atoms with Crippen LogP contribution in [-0.4, -0.2) is 144 Å². The maximum atomic E-state index is 12.0. The first kappa shape index (κ1) is 76.9. The molecule has 16 heterocycles. The number of nitrogens with one attached hydrogen (secondary N) is 8. The number of aromatic nitrogens is 22. The van der Waals surface area contributed by atoms with E-state index >= 15 is 0 Å². The van der Waals surface area contributed by atoms with E-state index in [-0.39, 0.29) is 12.0 Å². The van der Waals surface area contributed by atoms with E-state index in [1.807, 2.05) is 55.2 Å². The van der Waals surface area contributed by atoms with Crippen molar-refractivity contribution in [3.05, 3.63) is 185 Å². The van der Waals surface area contributed by atoms with Gasteiger partial charge >= 0.3 is 5.97 Å². The number of aromatic amines is 4. The highest BCUT2D eigenvalue weighted by molar-refractivity contribution is 5.99. The molecule has 0 unspecified atom stereocenters. The van der Waals surface area contributed by atoms with Crippen molar-refractivity contribution in [2.45, 2.75) is 148 Å². The lowest BCUT2D eigenvalue weighted by atomic mass is 9.61. The smallest absolute Gasteiger partial charge is 0.308 e. The van der Waals surface area contributed by atoms with Crippen LogP contribution in [0.3, 0.4) is 0 Å². The number of H-pyrrole nitrogens is 4. The number of nitrogens with zero attached hydrogens (tertiary/aromatic N) is 18. The molecule has 0 radical (unpaired) electrons. The van der Waals surface area contributed by atoms with Crippen molar-refractivity contribution >= 4 is 118 Å². The lowest BCUT2D eigenvalue weighted by Crippen LogP contribution is -2.51. The number of benzene rings is 2. The Labute approximate surface area is 722 Å². The third-order valence-corrected chi connectivity index (χ3v) is 29.8. The average molecular weight is 1680 g/mol. The van der Waals surface area contributed by atoms with Gasteiger partial charge in [-0.15, -0.1) is 0 Å². The van der Waals surface area contributed by atoms with Crippen molar-refractivity contribution < 1.29 is 18.7 Å². The van der Waals surface area contributed by atoms with Gasteiger partial charge in [0.15, 0.2) is 34.6 Å². The second-order valence-corrected chi connectivity index (χ2v) is 36.2. The first-order valence-electron chi connectivity index (χ1n) is 44.8. The van der Waals surface area contributed by atoms with Crippen LogP contribution in [0.4, 0.5) is 23.3 Å². The maximum absolute atomic E-state index is 12.0. The minimum Gasteiger partial charge on any atom is -0.481 e. The molecule has 16 aromatic heterocycles. The van der Waals surface area contributed by atoms with Gasteiger partial charge in [0.05, 0.1) is 40.0 Å². The number of anilines is 4. The molecule has 12 aliphatic rings. The first-order chi connectivity index (χ1) is 62.0. The lowest BCUT2D eigenvalue weighted by Gasteiger charge is -2.47. The second kappa shape index (κ2) is 32.0. The van der Waals surface area contributed by atoms with Crippen molar-refractivity contribution in [2.75, 3.05) is 21.3 Å². The van der Waals surface area contributed by atoms with Crippen molar-refractivity contribution in [1.82, 2.24) is 109 Å². The van der Waals surface area contributed by atoms with Crippen LogP contribution in [0.1, 0.15) is 124 Å². The summed E-state index contributed by atoms with van der Waals surface area (Å²) in [6.45, 7) is 7.22. The molecule has 30 nitrogen and oxygen atoms in total. The third kappa shape index (κ3) is 13.8. The highest BCUT2D eigenvalue weighted by atomic mass is 16.4. The lowest BCUT2D eigenvalue weighted by molar-refractivity contribution is -0.148. The van der Waals surface area contributed by atoms with Crippen LogP contribution in [0.5, 0.6) is 0 Å². The largest absolute Gasteiger partial charge is 0.481 e. The molecule has 30 heteroatoms. The summed E-state index contributed by atoms with van der Waals surface area (Å²) in [7, 11) is 0. The predicted molar refractivity (Wildman–Crippen MR) is 483 cm³/mol. The number of carboxylic acid groups (broad SMARTS) is 1. The van der Waals surface area contributed by atoms with E-state index in [1.165, 1.54) is 89.7 Å². The number of hydrogen-bond acceptors (Lipinski definition) is 23. The minimum absolute atomic E-state index is 0.151. The third-order valence-electron chi connectivity index (χ3n) is 29.8. The van der Waals surface area contributed by atoms with Crippen molar-refractivity contribution in [2.24, 2.45) is 71.0 Å². The Hall–Kier alpha value is -13.9. The molecule has 0 saturated heterocycles. The summed E-state index contributed by atoms with van der Waals surface area (Å²) in [5.41, 5.74) is 11.6. The molecule has 0 spiro atoms. The van der Waals surface area contributed by atoms with Crippen molar-refractivity contribution in [1.29, 1.82) is 0 Å². The van der Waals surface area contributed by atoms with Crippen LogP contribution in [0.2, 0.25) is 0 Å². The first-order valence-corrected chi connectivity index (χ1v) is 44.8. The number of rotatable bonds is 15. The van der Waals surface area contributed by atoms with E-state index < -0.39 is 11.9 Å². The molecule has 9 N–H and O–H groups in total. The zero-order chi connectivity index (χ0) is 84.2. The van der Waals surface area contributed by atoms with Crippen LogP contribution in [-0.2, 0) is 4.79 Å². The van der Waals surface area contributed by atoms with E-state index in [0.29, 0.717) is 99.8 Å². The summed E-state index contributed by atoms with van der Waals surface area (Å²) in [4.78, 5) is 98.0. The number of para-hydroxylation sites is 2. The summed E-state index contributed by atoms with van der Waals surface area (Å²) in [5.74, 6) is 11.8. The Kier molecular flexibility index (Phi) is 19.5. The minimum atomic E-state index is -0.728. The van der Waals surface area contributed by atoms with Crippen LogP contribution in [0.15, 0.2) is 194 Å². The number of furan rings is 2. The molecule has 0 amide bonds. The summed E-state index contributed by atoms with van der Waals surface area (Å²) >= 11 is 0. The second-order valence-electron chi connectivity index (χ2n) is 36.2. The Morgan fingerprint density at radius 3 is 0.984 bits per heavy atom. The fourth-order valence-electron chi connectivity index (χ4n) is 23.1. The molecular weight excluding hydrogens is 1580 g/mol. The number of carbonyl (C=O) groups is 1. The van der Waals surface area contributed by atoms with Crippen LogP contribution < -0.4 is 21.3 Å². The molecule has 18 aromatic rings. The molecule has 12 aliphatic carbocycles. The normalized spacial score (nSPS) is 25.1. The van der Waals surface area contributed by atoms with Gasteiger partial charge in [0, 0.05) is 141 Å². The molecule has 2 aromatic carbocycles. The van der Waals surface area contributed by atoms with Crippen LogP contribution >= 0.6 is 0 Å². The predicted octanol–water partition coefficient (Wildman–Crippen LogP) is 19.1. The van der Waals surface area contributed by atoms with Gasteiger partial charge in [-0.3, -0.25) is 4.79 Å². The van der Waals surface area contributed by atoms with Crippen molar-refractivity contribution in [3.63, 3.8) is 0 Å². The monoisotopic (exact) mass is 1680 g/mol. The molecule has 12 saturated carbocycles. The molecule has 8 bridgehead atoms. The SMILES string of the molecule is C[C@@H]1C2CCC(CC2)[C@H]1Nc1nc(-c2c[nH]c3ncncc23)nc2c1ccn2-c1ccccc1.C[C@H]1C2CCC(CC2)[C@@H]1Nc1nc(-c2c[nH]c3ncncc23)nc2c1ccn2-c1ccccc1.C[C@H]1C2CCC(CC2)[C@@H]1Nc1nc(-c2c[nH]c3ncncc23)nc2occc12.O=C(O)[C@@H]1C2CCC(CC2)[C@H]1Nc1nc(-c2c[nH]c3ncncc23)nc2occc12. The van der Waals surface area contributed by atoms with Crippen molar-refractivity contribution in [3.8, 4) is 56.9 Å². The van der Waals surface area contributed by atoms with E-state index in [1.54, 1.807) is 43.8 Å². The average Bonchev–Trinajstić information content (AvgIpc) is 1.55. The molecule has 30 rings (SSSR count). The van der Waals surface area contributed by atoms with Crippen LogP contribution in [0, 0.1) is 71.0 Å². The molecule has 12 fully saturated rings. The van der Waals surface area contributed by atoms with Gasteiger partial charge in [-0.05, 0) is 216 Å². The zero-order valence-electron chi connectivity index (χ0n) is 70.1. The van der Waals surface area contributed by atoms with E-state index in [0.717, 1.165) is 172 Å². The Morgan fingerprint density at radius 1 is 0.349 bits per heavy atom. The van der Waals surface area contributed by atoms with Gasteiger partial charge in [0.25, 0.3) is 0 Å². The van der Waals surface area contributed by atoms with Gasteiger partial charge in [-0.1, -0.05) is 57.2 Å². The number of carboxylic acids is 1. The molecule has 8 atom stereocenters. The molecule has 126 heavy (non-hydrogen) atoms. The van der Waals surface area contributed by atoms with E-state index in [9.17, 15) is 9.90 Å². The van der Waals surface area contributed by atoms with Gasteiger partial charge < -0.3 is 64.3 Å². The number of fused-ring (bicyclic) bond motifs is 20. The highest BCUT2D eigenvalue weighted by Gasteiger charge is 2.49. The van der Waals surface area contributed by atoms with Crippen LogP contribution in [0.25, 0.3) is 145 Å². The molecule has 0 aliphatic heterocycles. The van der Waals surface area contributed by atoms with Gasteiger partial charge in [0.1, 0.15) is 71.2 Å². The summed E-state index contributed by atoms with van der Waals surface area (Å²) < 4.78 is 15.5. The summed E-state index contributed by atoms with van der Waals surface area (Å²) in [5, 5.41) is 32.4. The standard InChI is InChI=1S/2C27H27N7.C21H20N6O3.C21H22N6O/c2*1-16-17-7-9-18(10-8-17)23(16)31-25-20-11-12-34(19-5-3-2-4-6-19)27(20)33-26(32-25)22-14-29-24-21(22)13-28-15-30-24;28-21(29)15-10-1-3-11(4-2-10)16(15)25-18-12-5-6-30-20(12)27-19(26-18)14-8-23-17-13(14)7-22-9-24-17;1-11-12-2-4-13(5-3-12)17(11)25-19-14-6-7-28-21(14)27-20(26-19)16-9-23-18-15(16)8-22-10-24-18/h2*2-6,11-18,23H,7-10H2,1H3,(H,28,29,30)(H,31,32,33);5-11,15-16H,1-4H2,(H,28,29)(H,22,23,24)(H,25,26,27);6-13,17H,2-5H2,1H3,(H,22,23,24)(H,25,26,27)/t2*16-,17?,18?,23+;10?,11?,15-,16-;11-,12?,13?,17+/m1010/s1. The fraction of sp³-hybridized carbons (Fsp3) is 0.365. The highest BCUT2D eigenvalue weighted by Crippen LogP contribution is 2.52. The fourth-order valence-corrected chi connectivity index (χ4v) is 23.1. The topological polar surface area (TPSA) is 391 Å². The Balaban J connectivity index is 0.0000000969. The number of hydrogen-bond donors (Lipinski definition) is 9. The summed E-state index contributed by atoms with van der Waals surface area (Å²) in [6, 6.07) is 30.0. The van der Waals surface area contributed by atoms with Gasteiger partial charge in [-0.25, -0.2) is 69.8 Å². The van der Waals surface area contributed by atoms with Gasteiger partial charge in [-0.2, -0.15) is 9.97 Å². The zero-order valence-corrected chi connectivity index (χ0v) is 70.1. The van der Waals surface area contributed by atoms with Gasteiger partial charge in [0.2, 0.25) is 11.4 Å². The molecule has 634 valence electrons. The summed E-state index contributed by atoms with van der Waals surface area (Å²) in [6.07, 6.45) is 48.5. The quantitative estimate of drug-likeness (QED) is 0.0460. The molecular formula is C96H96N26O4. The Bertz CT molecular complexity index is 6800. The maximum Gasteiger partial charge on any atom is 0.308 e. The van der Waals surface area contributed by atoms with E-state index in [2.05, 4.69) is 194 Å². The number of aliphatic carboxylic acids is 1. The Morgan fingerprint density at radius 2 is 0.651 bits per heavy atom. The van der Waals surface area contributed by atoms with E-state index in [4.69, 9.17) is 38.7 Å².